The highest BCUT2D eigenvalue weighted by Gasteiger charge is 2.16. The molecule has 0 spiro atoms. The van der Waals surface area contributed by atoms with Gasteiger partial charge in [0.2, 0.25) is 11.8 Å². The van der Waals surface area contributed by atoms with Gasteiger partial charge in [0.25, 0.3) is 0 Å². The highest BCUT2D eigenvalue weighted by atomic mass is 16.2. The van der Waals surface area contributed by atoms with Crippen LogP contribution in [-0.4, -0.2) is 55.8 Å². The number of hydrogen-bond donors (Lipinski definition) is 2. The van der Waals surface area contributed by atoms with Crippen molar-refractivity contribution >= 4 is 11.8 Å². The molecule has 0 aromatic carbocycles. The summed E-state index contributed by atoms with van der Waals surface area (Å²) in [5.41, 5.74) is 2.09. The van der Waals surface area contributed by atoms with E-state index in [0.717, 1.165) is 0 Å². The van der Waals surface area contributed by atoms with Gasteiger partial charge in [-0.15, -0.1) is 0 Å². The van der Waals surface area contributed by atoms with Crippen LogP contribution in [0.4, 0.5) is 0 Å². The molecule has 3 N–H and O–H groups in total. The van der Waals surface area contributed by atoms with Gasteiger partial charge in [0, 0.05) is 26.6 Å². The Morgan fingerprint density at radius 2 is 1.87 bits per heavy atom. The summed E-state index contributed by atoms with van der Waals surface area (Å²) in [6, 6.07) is 0. The predicted octanol–water partition coefficient (Wildman–Crippen LogP) is -1.37. The van der Waals surface area contributed by atoms with Crippen molar-refractivity contribution in [3.05, 3.63) is 0 Å². The standard InChI is InChI=1S/C9H20N4O2/c1-7(9(15)11-10)5-13(4)6-8(14)12(2)3/h7H,5-6,10H2,1-4H3,(H,11,15). The molecule has 0 radical (unpaired) electrons. The van der Waals surface area contributed by atoms with Gasteiger partial charge in [-0.1, -0.05) is 6.92 Å². The number of rotatable bonds is 5. The molecule has 6 heteroatoms. The topological polar surface area (TPSA) is 78.7 Å². The second-order valence-corrected chi connectivity index (χ2v) is 3.89. The number of nitrogens with zero attached hydrogens (tertiary/aromatic N) is 2. The van der Waals surface area contributed by atoms with Gasteiger partial charge >= 0.3 is 0 Å². The van der Waals surface area contributed by atoms with Crippen molar-refractivity contribution in [3.63, 3.8) is 0 Å². The predicted molar refractivity (Wildman–Crippen MR) is 57.7 cm³/mol. The monoisotopic (exact) mass is 216 g/mol. The third-order valence-electron chi connectivity index (χ3n) is 2.08. The average Bonchev–Trinajstić information content (AvgIpc) is 2.15. The van der Waals surface area contributed by atoms with E-state index in [0.29, 0.717) is 13.1 Å². The first kappa shape index (κ1) is 13.9. The number of likely N-dealkylation sites (N-methyl/N-ethyl adjacent to an activating group) is 2. The van der Waals surface area contributed by atoms with Gasteiger partial charge in [0.1, 0.15) is 0 Å². The zero-order valence-electron chi connectivity index (χ0n) is 9.78. The Morgan fingerprint density at radius 3 is 2.27 bits per heavy atom. The molecule has 0 aromatic heterocycles. The van der Waals surface area contributed by atoms with Crippen molar-refractivity contribution in [3.8, 4) is 0 Å². The van der Waals surface area contributed by atoms with Gasteiger partial charge in [0.15, 0.2) is 0 Å². The van der Waals surface area contributed by atoms with Crippen molar-refractivity contribution in [1.29, 1.82) is 0 Å². The van der Waals surface area contributed by atoms with E-state index in [2.05, 4.69) is 5.43 Å². The maximum absolute atomic E-state index is 11.3. The van der Waals surface area contributed by atoms with Crippen molar-refractivity contribution in [2.45, 2.75) is 6.92 Å². The fourth-order valence-corrected chi connectivity index (χ4v) is 1.13. The zero-order chi connectivity index (χ0) is 12.0. The van der Waals surface area contributed by atoms with E-state index in [1.165, 1.54) is 4.90 Å². The second kappa shape index (κ2) is 6.36. The maximum atomic E-state index is 11.3. The second-order valence-electron chi connectivity index (χ2n) is 3.89. The van der Waals surface area contributed by atoms with Crippen LogP contribution < -0.4 is 11.3 Å². The summed E-state index contributed by atoms with van der Waals surface area (Å²) in [5.74, 6) is 4.57. The number of carbonyl (C=O) groups excluding carboxylic acids is 2. The number of carbonyl (C=O) groups is 2. The lowest BCUT2D eigenvalue weighted by atomic mass is 10.1. The summed E-state index contributed by atoms with van der Waals surface area (Å²) < 4.78 is 0. The molecule has 88 valence electrons. The lowest BCUT2D eigenvalue weighted by molar-refractivity contribution is -0.131. The number of hydrogen-bond acceptors (Lipinski definition) is 4. The number of hydrazine groups is 1. The maximum Gasteiger partial charge on any atom is 0.237 e. The molecule has 0 rings (SSSR count). The molecule has 2 amide bonds. The smallest absolute Gasteiger partial charge is 0.237 e. The molecular formula is C9H20N4O2. The van der Waals surface area contributed by atoms with Crippen LogP contribution in [0.15, 0.2) is 0 Å². The summed E-state index contributed by atoms with van der Waals surface area (Å²) in [6.07, 6.45) is 0. The zero-order valence-corrected chi connectivity index (χ0v) is 9.78. The number of nitrogens with one attached hydrogen (secondary N) is 1. The van der Waals surface area contributed by atoms with E-state index in [1.807, 2.05) is 0 Å². The van der Waals surface area contributed by atoms with Gasteiger partial charge < -0.3 is 4.90 Å². The number of nitrogens with two attached hydrogens (primary N) is 1. The summed E-state index contributed by atoms with van der Waals surface area (Å²) in [4.78, 5) is 25.8. The van der Waals surface area contributed by atoms with E-state index < -0.39 is 0 Å². The molecule has 0 aliphatic heterocycles. The molecule has 1 atom stereocenters. The highest BCUT2D eigenvalue weighted by Crippen LogP contribution is 1.98. The van der Waals surface area contributed by atoms with Crippen molar-refractivity contribution < 1.29 is 9.59 Å². The molecule has 0 aromatic rings. The molecule has 0 heterocycles. The molecule has 0 saturated carbocycles. The third-order valence-corrected chi connectivity index (χ3v) is 2.08. The van der Waals surface area contributed by atoms with Gasteiger partial charge in [-0.25, -0.2) is 5.84 Å². The molecule has 0 fully saturated rings. The minimum absolute atomic E-state index is 0.0119. The first-order chi connectivity index (χ1) is 6.88. The molecule has 0 saturated heterocycles. The van der Waals surface area contributed by atoms with Crippen LogP contribution in [0.25, 0.3) is 0 Å². The minimum Gasteiger partial charge on any atom is -0.348 e. The Kier molecular flexibility index (Phi) is 5.88. The largest absolute Gasteiger partial charge is 0.348 e. The van der Waals surface area contributed by atoms with Crippen molar-refractivity contribution in [2.24, 2.45) is 11.8 Å². The molecule has 1 unspecified atom stereocenters. The van der Waals surface area contributed by atoms with Crippen LogP contribution in [-0.2, 0) is 9.59 Å². The van der Waals surface area contributed by atoms with E-state index in [9.17, 15) is 9.59 Å². The molecule has 0 bridgehead atoms. The summed E-state index contributed by atoms with van der Waals surface area (Å²) in [6.45, 7) is 2.57. The van der Waals surface area contributed by atoms with Crippen molar-refractivity contribution in [1.82, 2.24) is 15.2 Å². The Balaban J connectivity index is 3.98. The van der Waals surface area contributed by atoms with Crippen molar-refractivity contribution in [2.75, 3.05) is 34.2 Å². The third kappa shape index (κ3) is 5.34. The van der Waals surface area contributed by atoms with E-state index in [-0.39, 0.29) is 17.7 Å². The Hall–Kier alpha value is -1.14. The SMILES string of the molecule is CC(CN(C)CC(=O)N(C)C)C(=O)NN. The molecule has 0 aliphatic rings. The first-order valence-electron chi connectivity index (χ1n) is 4.77. The van der Waals surface area contributed by atoms with Gasteiger partial charge in [-0.3, -0.25) is 19.9 Å². The minimum atomic E-state index is -0.227. The molecule has 0 aliphatic carbocycles. The van der Waals surface area contributed by atoms with Crippen LogP contribution in [0.5, 0.6) is 0 Å². The fraction of sp³-hybridized carbons (Fsp3) is 0.778. The lowest BCUT2D eigenvalue weighted by Gasteiger charge is -2.21. The van der Waals surface area contributed by atoms with E-state index in [4.69, 9.17) is 5.84 Å². The van der Waals surface area contributed by atoms with E-state index in [1.54, 1.807) is 33.0 Å². The highest BCUT2D eigenvalue weighted by molar-refractivity contribution is 5.79. The van der Waals surface area contributed by atoms with Gasteiger partial charge in [-0.05, 0) is 7.05 Å². The Labute approximate surface area is 90.4 Å². The molecule has 15 heavy (non-hydrogen) atoms. The van der Waals surface area contributed by atoms with Crippen LogP contribution in [0.3, 0.4) is 0 Å². The van der Waals surface area contributed by atoms with Crippen LogP contribution >= 0.6 is 0 Å². The van der Waals surface area contributed by atoms with Crippen LogP contribution in [0.1, 0.15) is 6.92 Å². The lowest BCUT2D eigenvalue weighted by Crippen LogP contribution is -2.42. The van der Waals surface area contributed by atoms with Gasteiger partial charge in [-0.2, -0.15) is 0 Å². The fourth-order valence-electron chi connectivity index (χ4n) is 1.13. The molecular weight excluding hydrogens is 196 g/mol. The normalized spacial score (nSPS) is 12.4. The molecule has 6 nitrogen and oxygen atoms in total. The number of amides is 2. The summed E-state index contributed by atoms with van der Waals surface area (Å²) in [7, 11) is 5.19. The average molecular weight is 216 g/mol. The van der Waals surface area contributed by atoms with Crippen LogP contribution in [0.2, 0.25) is 0 Å². The summed E-state index contributed by atoms with van der Waals surface area (Å²) >= 11 is 0. The van der Waals surface area contributed by atoms with E-state index >= 15 is 0 Å². The Morgan fingerprint density at radius 1 is 1.33 bits per heavy atom. The Bertz CT molecular complexity index is 230. The quantitative estimate of drug-likeness (QED) is 0.338. The first-order valence-corrected chi connectivity index (χ1v) is 4.77. The summed E-state index contributed by atoms with van der Waals surface area (Å²) in [5, 5.41) is 0. The van der Waals surface area contributed by atoms with Crippen LogP contribution in [0, 0.1) is 5.92 Å². The van der Waals surface area contributed by atoms with Gasteiger partial charge in [0.05, 0.1) is 6.54 Å².